The molecule has 0 heterocycles. The van der Waals surface area contributed by atoms with Gasteiger partial charge in [0.25, 0.3) is 0 Å². The minimum Gasteiger partial charge on any atom is -0.467 e. The highest BCUT2D eigenvalue weighted by Gasteiger charge is 2.62. The number of ether oxygens (including phenoxy) is 1. The van der Waals surface area contributed by atoms with Crippen molar-refractivity contribution < 1.29 is 19.4 Å². The molecule has 0 aliphatic heterocycles. The number of rotatable bonds is 20. The van der Waals surface area contributed by atoms with E-state index in [4.69, 9.17) is 10.5 Å². The van der Waals surface area contributed by atoms with Crippen molar-refractivity contribution in [2.24, 2.45) is 58.0 Å². The molecule has 4 fully saturated rings. The number of unbranched alkanes of at least 4 members (excludes halogenated alkanes) is 1. The number of nitrogens with one attached hydrogen (secondary N) is 4. The van der Waals surface area contributed by atoms with Crippen molar-refractivity contribution in [1.82, 2.24) is 21.3 Å². The van der Waals surface area contributed by atoms with Gasteiger partial charge in [-0.3, -0.25) is 4.79 Å². The maximum absolute atomic E-state index is 12.9. The largest absolute Gasteiger partial charge is 0.467 e. The van der Waals surface area contributed by atoms with Gasteiger partial charge in [0.15, 0.2) is 0 Å². The summed E-state index contributed by atoms with van der Waals surface area (Å²) in [5.74, 6) is 2.75. The molecule has 4 rings (SSSR count). The van der Waals surface area contributed by atoms with Crippen LogP contribution < -0.4 is 27.0 Å². The Hall–Kier alpha value is -1.26. The maximum atomic E-state index is 12.9. The molecule has 1 amide bonds. The Kier molecular flexibility index (Phi) is 15.7. The molecule has 0 aromatic rings. The Morgan fingerprint density at radius 2 is 1.51 bits per heavy atom. The third-order valence-corrected chi connectivity index (χ3v) is 14.2. The number of carbonyl (C=O) groups excluding carboxylic acids is 2. The first-order valence-electron chi connectivity index (χ1n) is 20.4. The zero-order valence-electron chi connectivity index (χ0n) is 32.2. The van der Waals surface area contributed by atoms with Gasteiger partial charge in [-0.25, -0.2) is 4.79 Å². The van der Waals surface area contributed by atoms with Crippen molar-refractivity contribution in [2.75, 3.05) is 46.4 Å². The van der Waals surface area contributed by atoms with Crippen LogP contribution in [0, 0.1) is 52.3 Å². The first-order valence-corrected chi connectivity index (χ1v) is 20.4. The highest BCUT2D eigenvalue weighted by atomic mass is 16.5. The van der Waals surface area contributed by atoms with E-state index in [-0.39, 0.29) is 29.3 Å². The molecule has 0 radical (unpaired) electrons. The third-order valence-electron chi connectivity index (χ3n) is 14.2. The zero-order chi connectivity index (χ0) is 35.6. The van der Waals surface area contributed by atoms with Gasteiger partial charge in [-0.15, -0.1) is 0 Å². The van der Waals surface area contributed by atoms with Crippen molar-refractivity contribution in [3.8, 4) is 0 Å². The Bertz CT molecular complexity index is 1030. The summed E-state index contributed by atoms with van der Waals surface area (Å²) in [5, 5.41) is 25.8. The topological polar surface area (TPSA) is 138 Å². The molecule has 284 valence electrons. The number of carbonyl (C=O) groups is 2. The minimum absolute atomic E-state index is 0.0130. The monoisotopic (exact) mass is 690 g/mol. The Morgan fingerprint density at radius 3 is 2.18 bits per heavy atom. The average molecular weight is 690 g/mol. The van der Waals surface area contributed by atoms with Crippen LogP contribution in [0.1, 0.15) is 125 Å². The summed E-state index contributed by atoms with van der Waals surface area (Å²) in [7, 11) is 1.37. The minimum atomic E-state index is -0.595. The second-order valence-electron chi connectivity index (χ2n) is 17.5. The third kappa shape index (κ3) is 10.00. The van der Waals surface area contributed by atoms with E-state index in [9.17, 15) is 14.7 Å². The van der Waals surface area contributed by atoms with Crippen molar-refractivity contribution in [3.63, 3.8) is 0 Å². The highest BCUT2D eigenvalue weighted by Crippen LogP contribution is 2.68. The molecule has 9 heteroatoms. The second-order valence-corrected chi connectivity index (χ2v) is 17.5. The van der Waals surface area contributed by atoms with Crippen molar-refractivity contribution in [1.29, 1.82) is 0 Å². The van der Waals surface area contributed by atoms with E-state index in [1.807, 2.05) is 13.8 Å². The van der Waals surface area contributed by atoms with Gasteiger partial charge in [-0.05, 0) is 175 Å². The summed E-state index contributed by atoms with van der Waals surface area (Å²) in [4.78, 5) is 25.0. The van der Waals surface area contributed by atoms with E-state index in [1.165, 1.54) is 64.9 Å². The van der Waals surface area contributed by atoms with E-state index in [2.05, 4.69) is 42.0 Å². The first kappa shape index (κ1) is 40.5. The lowest BCUT2D eigenvalue weighted by Gasteiger charge is -2.62. The number of hydrogen-bond acceptors (Lipinski definition) is 8. The molecule has 11 atom stereocenters. The highest BCUT2D eigenvalue weighted by molar-refractivity contribution is 5.84. The average Bonchev–Trinajstić information content (AvgIpc) is 3.43. The molecule has 0 spiro atoms. The molecule has 0 aromatic carbocycles. The smallest absolute Gasteiger partial charge is 0.328 e. The summed E-state index contributed by atoms with van der Waals surface area (Å²) in [6.07, 6.45) is 15.3. The molecule has 3 unspecified atom stereocenters. The summed E-state index contributed by atoms with van der Waals surface area (Å²) >= 11 is 0. The molecule has 7 N–H and O–H groups in total. The number of hydrogen-bond donors (Lipinski definition) is 6. The summed E-state index contributed by atoms with van der Waals surface area (Å²) < 4.78 is 4.91. The van der Waals surface area contributed by atoms with Crippen LogP contribution in [0.4, 0.5) is 0 Å². The van der Waals surface area contributed by atoms with E-state index in [0.29, 0.717) is 53.4 Å². The fourth-order valence-electron chi connectivity index (χ4n) is 11.3. The number of aliphatic hydroxyl groups is 1. The van der Waals surface area contributed by atoms with Gasteiger partial charge in [-0.2, -0.15) is 0 Å². The van der Waals surface area contributed by atoms with Crippen LogP contribution in [0.3, 0.4) is 0 Å². The van der Waals surface area contributed by atoms with Crippen LogP contribution in [-0.4, -0.2) is 81.5 Å². The molecular weight excluding hydrogens is 614 g/mol. The quantitative estimate of drug-likeness (QED) is 0.0776. The van der Waals surface area contributed by atoms with E-state index in [1.54, 1.807) is 0 Å². The van der Waals surface area contributed by atoms with Gasteiger partial charge in [0.05, 0.1) is 13.2 Å². The lowest BCUT2D eigenvalue weighted by atomic mass is 9.43. The molecule has 9 nitrogen and oxygen atoms in total. The predicted octanol–water partition coefficient (Wildman–Crippen LogP) is 5.00. The molecular formula is C40H75N5O4. The molecule has 0 aromatic heterocycles. The van der Waals surface area contributed by atoms with Crippen LogP contribution in [0.15, 0.2) is 0 Å². The number of methoxy groups -OCH3 is 1. The summed E-state index contributed by atoms with van der Waals surface area (Å²) in [6, 6.07) is -0.0183. The van der Waals surface area contributed by atoms with E-state index < -0.39 is 6.04 Å². The Morgan fingerprint density at radius 1 is 0.857 bits per heavy atom. The van der Waals surface area contributed by atoms with E-state index >= 15 is 0 Å². The zero-order valence-corrected chi connectivity index (χ0v) is 32.2. The fraction of sp³-hybridized carbons (Fsp3) is 0.950. The van der Waals surface area contributed by atoms with Crippen LogP contribution in [0.25, 0.3) is 0 Å². The van der Waals surface area contributed by atoms with Gasteiger partial charge in [-0.1, -0.05) is 34.6 Å². The second kappa shape index (κ2) is 19.0. The number of fused-ring (bicyclic) bond motifs is 5. The fourth-order valence-corrected chi connectivity index (χ4v) is 11.3. The van der Waals surface area contributed by atoms with Gasteiger partial charge in [0.1, 0.15) is 6.04 Å². The standard InChI is InChI=1S/C40H75N5O4/c1-27(2)37(38(48)49-6)45-35(47)14-11-28(3)31-12-13-32-36-33(16-18-40(31,32)5)39(4)17-15-30(25-29(39)26-34(36)46)44-24-10-23-43-21-8-7-20-42-22-9-19-41/h27-34,36-37,42-44,46H,7-26,41H2,1-6H3,(H,45,47)/t28-,29+,30+,31-,32?,33?,34-,36?,37+,39+,40-/m1/s1. The van der Waals surface area contributed by atoms with Crippen LogP contribution >= 0.6 is 0 Å². The van der Waals surface area contributed by atoms with Crippen LogP contribution in [-0.2, 0) is 14.3 Å². The van der Waals surface area contributed by atoms with Gasteiger partial charge < -0.3 is 36.8 Å². The lowest BCUT2D eigenvalue weighted by Crippen LogP contribution is -2.59. The SMILES string of the molecule is COC(=O)[C@@H](NC(=O)CC[C@@H](C)[C@H]1CCC2C3C(CC[C@@]21C)[C@@]1(C)CC[C@H](NCCCNCCCCNCCCN)C[C@H]1C[C@H]3O)C(C)C. The molecule has 4 aliphatic rings. The molecule has 0 bridgehead atoms. The molecule has 4 saturated carbocycles. The molecule has 4 aliphatic carbocycles. The normalized spacial score (nSPS) is 35.2. The Balaban J connectivity index is 1.21. The van der Waals surface area contributed by atoms with Gasteiger partial charge in [0.2, 0.25) is 5.91 Å². The molecule has 49 heavy (non-hydrogen) atoms. The number of esters is 1. The number of aliphatic hydroxyl groups excluding tert-OH is 1. The lowest BCUT2D eigenvalue weighted by molar-refractivity contribution is -0.167. The van der Waals surface area contributed by atoms with Crippen molar-refractivity contribution in [2.45, 2.75) is 143 Å². The van der Waals surface area contributed by atoms with Gasteiger partial charge in [0, 0.05) is 12.5 Å². The van der Waals surface area contributed by atoms with Crippen LogP contribution in [0.5, 0.6) is 0 Å². The van der Waals surface area contributed by atoms with Crippen LogP contribution in [0.2, 0.25) is 0 Å². The van der Waals surface area contributed by atoms with Gasteiger partial charge >= 0.3 is 5.97 Å². The van der Waals surface area contributed by atoms with E-state index in [0.717, 1.165) is 65.0 Å². The summed E-state index contributed by atoms with van der Waals surface area (Å²) in [6.45, 7) is 17.4. The molecule has 0 saturated heterocycles. The predicted molar refractivity (Wildman–Crippen MR) is 199 cm³/mol. The maximum Gasteiger partial charge on any atom is 0.328 e. The number of amides is 1. The number of nitrogens with two attached hydrogens (primary N) is 1. The summed E-state index contributed by atoms with van der Waals surface area (Å²) in [5.41, 5.74) is 6.10. The Labute approximate surface area is 299 Å². The van der Waals surface area contributed by atoms with Crippen molar-refractivity contribution >= 4 is 11.9 Å². The van der Waals surface area contributed by atoms with Crippen molar-refractivity contribution in [3.05, 3.63) is 0 Å². The first-order chi connectivity index (χ1) is 23.5.